The molecule has 0 saturated heterocycles. The molecule has 0 bridgehead atoms. The smallest absolute Gasteiger partial charge is 0.305 e. The Labute approximate surface area is 84.7 Å². The summed E-state index contributed by atoms with van der Waals surface area (Å²) in [5.74, 6) is -0.206. The first-order valence-corrected chi connectivity index (χ1v) is 6.24. The van der Waals surface area contributed by atoms with Gasteiger partial charge in [-0.2, -0.15) is 0 Å². The van der Waals surface area contributed by atoms with Crippen LogP contribution in [0.4, 0.5) is 0 Å². The fourth-order valence-electron chi connectivity index (χ4n) is 1.03. The number of hydrogen-bond acceptors (Lipinski definition) is 4. The van der Waals surface area contributed by atoms with Crippen LogP contribution in [-0.2, 0) is 19.6 Å². The molecule has 0 radical (unpaired) electrons. The molecular formula is C8H17NO4S. The largest absolute Gasteiger partial charge is 0.469 e. The summed E-state index contributed by atoms with van der Waals surface area (Å²) in [7, 11) is -1.97. The number of unbranched alkanes of at least 4 members (excludes halogenated alkanes) is 3. The van der Waals surface area contributed by atoms with E-state index in [1.165, 1.54) is 7.11 Å². The summed E-state index contributed by atoms with van der Waals surface area (Å²) in [4.78, 5) is 10.7. The van der Waals surface area contributed by atoms with Crippen LogP contribution in [0.3, 0.4) is 0 Å². The molecule has 0 aliphatic rings. The predicted molar refractivity (Wildman–Crippen MR) is 53.1 cm³/mol. The zero-order valence-electron chi connectivity index (χ0n) is 8.36. The number of rotatable bonds is 7. The van der Waals surface area contributed by atoms with Gasteiger partial charge in [-0.05, 0) is 12.8 Å². The minimum Gasteiger partial charge on any atom is -0.469 e. The summed E-state index contributed by atoms with van der Waals surface area (Å²) in [6.45, 7) is 0. The maximum absolute atomic E-state index is 10.7. The number of carbonyl (C=O) groups excluding carboxylic acids is 1. The number of methoxy groups -OCH3 is 1. The minimum absolute atomic E-state index is 0.0191. The molecule has 0 aromatic heterocycles. The van der Waals surface area contributed by atoms with Gasteiger partial charge < -0.3 is 4.74 Å². The molecule has 0 aromatic rings. The van der Waals surface area contributed by atoms with Gasteiger partial charge in [0, 0.05) is 6.42 Å². The molecule has 0 amide bonds. The lowest BCUT2D eigenvalue weighted by atomic mass is 10.2. The Morgan fingerprint density at radius 1 is 1.21 bits per heavy atom. The van der Waals surface area contributed by atoms with Crippen molar-refractivity contribution in [2.45, 2.75) is 32.1 Å². The van der Waals surface area contributed by atoms with Crippen LogP contribution in [-0.4, -0.2) is 27.2 Å². The first kappa shape index (κ1) is 13.4. The lowest BCUT2D eigenvalue weighted by molar-refractivity contribution is -0.140. The molecule has 84 valence electrons. The Morgan fingerprint density at radius 2 is 1.79 bits per heavy atom. The normalized spacial score (nSPS) is 11.3. The molecule has 5 nitrogen and oxygen atoms in total. The number of esters is 1. The van der Waals surface area contributed by atoms with E-state index in [0.717, 1.165) is 19.3 Å². The molecule has 0 aliphatic heterocycles. The topological polar surface area (TPSA) is 86.5 Å². The van der Waals surface area contributed by atoms with Crippen molar-refractivity contribution in [2.75, 3.05) is 12.9 Å². The zero-order chi connectivity index (χ0) is 11.0. The van der Waals surface area contributed by atoms with Crippen LogP contribution in [0.15, 0.2) is 0 Å². The van der Waals surface area contributed by atoms with E-state index < -0.39 is 10.0 Å². The fourth-order valence-corrected chi connectivity index (χ4v) is 1.63. The molecule has 0 spiro atoms. The number of primary sulfonamides is 1. The lowest BCUT2D eigenvalue weighted by Crippen LogP contribution is -2.16. The highest BCUT2D eigenvalue weighted by atomic mass is 32.2. The van der Waals surface area contributed by atoms with E-state index in [1.54, 1.807) is 0 Å². The number of nitrogens with two attached hydrogens (primary N) is 1. The summed E-state index contributed by atoms with van der Waals surface area (Å²) >= 11 is 0. The second kappa shape index (κ2) is 6.78. The van der Waals surface area contributed by atoms with Gasteiger partial charge in [-0.15, -0.1) is 0 Å². The van der Waals surface area contributed by atoms with Gasteiger partial charge in [-0.25, -0.2) is 13.6 Å². The number of hydrogen-bond donors (Lipinski definition) is 1. The third-order valence-corrected chi connectivity index (χ3v) is 2.65. The van der Waals surface area contributed by atoms with Crippen molar-refractivity contribution in [3.05, 3.63) is 0 Å². The van der Waals surface area contributed by atoms with Crippen molar-refractivity contribution in [2.24, 2.45) is 5.14 Å². The van der Waals surface area contributed by atoms with Crippen molar-refractivity contribution in [3.8, 4) is 0 Å². The van der Waals surface area contributed by atoms with Gasteiger partial charge in [0.15, 0.2) is 0 Å². The predicted octanol–water partition coefficient (Wildman–Crippen LogP) is 0.398. The van der Waals surface area contributed by atoms with Crippen LogP contribution in [0.25, 0.3) is 0 Å². The quantitative estimate of drug-likeness (QED) is 0.500. The van der Waals surface area contributed by atoms with Gasteiger partial charge in [-0.1, -0.05) is 12.8 Å². The van der Waals surface area contributed by atoms with Gasteiger partial charge in [0.2, 0.25) is 10.0 Å². The fraction of sp³-hybridized carbons (Fsp3) is 0.875. The van der Waals surface area contributed by atoms with Crippen LogP contribution < -0.4 is 5.14 Å². The molecule has 14 heavy (non-hydrogen) atoms. The van der Waals surface area contributed by atoms with Crippen molar-refractivity contribution in [3.63, 3.8) is 0 Å². The Bertz CT molecular complexity index is 261. The van der Waals surface area contributed by atoms with E-state index in [4.69, 9.17) is 5.14 Å². The molecule has 0 heterocycles. The summed E-state index contributed by atoms with van der Waals surface area (Å²) in [5, 5.41) is 4.82. The monoisotopic (exact) mass is 223 g/mol. The SMILES string of the molecule is COC(=O)CCCCCCS(N)(=O)=O. The third kappa shape index (κ3) is 9.47. The maximum atomic E-state index is 10.7. The highest BCUT2D eigenvalue weighted by Gasteiger charge is 2.02. The Morgan fingerprint density at radius 3 is 2.29 bits per heavy atom. The molecule has 0 fully saturated rings. The van der Waals surface area contributed by atoms with Gasteiger partial charge in [-0.3, -0.25) is 4.79 Å². The van der Waals surface area contributed by atoms with E-state index in [1.807, 2.05) is 0 Å². The number of ether oxygens (including phenoxy) is 1. The summed E-state index contributed by atoms with van der Waals surface area (Å²) in [5.41, 5.74) is 0. The Balaban J connectivity index is 3.27. The Hall–Kier alpha value is -0.620. The molecule has 0 saturated carbocycles. The zero-order valence-corrected chi connectivity index (χ0v) is 9.18. The van der Waals surface area contributed by atoms with Crippen LogP contribution in [0.2, 0.25) is 0 Å². The summed E-state index contributed by atoms with van der Waals surface area (Å²) in [6, 6.07) is 0. The van der Waals surface area contributed by atoms with E-state index >= 15 is 0 Å². The minimum atomic E-state index is -3.32. The molecule has 0 aliphatic carbocycles. The lowest BCUT2D eigenvalue weighted by Gasteiger charge is -2.00. The van der Waals surface area contributed by atoms with Gasteiger partial charge >= 0.3 is 5.97 Å². The van der Waals surface area contributed by atoms with Crippen molar-refractivity contribution in [1.82, 2.24) is 0 Å². The first-order chi connectivity index (χ1) is 6.45. The molecule has 6 heteroatoms. The van der Waals surface area contributed by atoms with Gasteiger partial charge in [0.25, 0.3) is 0 Å². The van der Waals surface area contributed by atoms with Crippen LogP contribution >= 0.6 is 0 Å². The molecule has 2 N–H and O–H groups in total. The molecule has 0 rings (SSSR count). The second-order valence-corrected chi connectivity index (χ2v) is 4.84. The molecule has 0 atom stereocenters. The van der Waals surface area contributed by atoms with E-state index in [2.05, 4.69) is 4.74 Å². The van der Waals surface area contributed by atoms with E-state index in [-0.39, 0.29) is 11.7 Å². The van der Waals surface area contributed by atoms with Crippen molar-refractivity contribution in [1.29, 1.82) is 0 Å². The molecule has 0 aromatic carbocycles. The highest BCUT2D eigenvalue weighted by Crippen LogP contribution is 2.04. The van der Waals surface area contributed by atoms with Crippen LogP contribution in [0, 0.1) is 0 Å². The van der Waals surface area contributed by atoms with Crippen molar-refractivity contribution < 1.29 is 17.9 Å². The average Bonchev–Trinajstić information content (AvgIpc) is 2.08. The maximum Gasteiger partial charge on any atom is 0.305 e. The molecular weight excluding hydrogens is 206 g/mol. The van der Waals surface area contributed by atoms with E-state index in [0.29, 0.717) is 12.8 Å². The number of carbonyl (C=O) groups is 1. The highest BCUT2D eigenvalue weighted by molar-refractivity contribution is 7.89. The van der Waals surface area contributed by atoms with Crippen LogP contribution in [0.5, 0.6) is 0 Å². The average molecular weight is 223 g/mol. The standard InChI is InChI=1S/C8H17NO4S/c1-13-8(10)6-4-2-3-5-7-14(9,11)12/h2-7H2,1H3,(H2,9,11,12). The Kier molecular flexibility index (Phi) is 6.48. The molecule has 0 unspecified atom stereocenters. The van der Waals surface area contributed by atoms with Crippen molar-refractivity contribution >= 4 is 16.0 Å². The second-order valence-electron chi connectivity index (χ2n) is 3.11. The first-order valence-electron chi connectivity index (χ1n) is 4.53. The van der Waals surface area contributed by atoms with E-state index in [9.17, 15) is 13.2 Å². The summed E-state index contributed by atoms with van der Waals surface area (Å²) < 4.78 is 25.5. The third-order valence-electron chi connectivity index (χ3n) is 1.79. The van der Waals surface area contributed by atoms with Gasteiger partial charge in [0.1, 0.15) is 0 Å². The number of sulfonamides is 1. The van der Waals surface area contributed by atoms with Gasteiger partial charge in [0.05, 0.1) is 12.9 Å². The van der Waals surface area contributed by atoms with Crippen LogP contribution in [0.1, 0.15) is 32.1 Å². The summed E-state index contributed by atoms with van der Waals surface area (Å²) in [6.07, 6.45) is 3.28.